The summed E-state index contributed by atoms with van der Waals surface area (Å²) in [5.74, 6) is 0.577. The fourth-order valence-electron chi connectivity index (χ4n) is 1.41. The number of nitrogens with one attached hydrogen (secondary N) is 1. The van der Waals surface area contributed by atoms with E-state index in [0.29, 0.717) is 12.4 Å². The van der Waals surface area contributed by atoms with E-state index in [-0.39, 0.29) is 5.91 Å². The van der Waals surface area contributed by atoms with E-state index in [0.717, 1.165) is 24.0 Å². The van der Waals surface area contributed by atoms with Crippen molar-refractivity contribution in [2.45, 2.75) is 19.8 Å². The molecule has 0 saturated heterocycles. The summed E-state index contributed by atoms with van der Waals surface area (Å²) in [6, 6.07) is 7.68. The van der Waals surface area contributed by atoms with Crippen molar-refractivity contribution in [2.24, 2.45) is 0 Å². The normalized spacial score (nSPS) is 10.0. The van der Waals surface area contributed by atoms with E-state index >= 15 is 0 Å². The Morgan fingerprint density at radius 2 is 2.13 bits per heavy atom. The van der Waals surface area contributed by atoms with Crippen molar-refractivity contribution >= 4 is 17.5 Å². The van der Waals surface area contributed by atoms with Gasteiger partial charge in [-0.3, -0.25) is 4.79 Å². The molecule has 0 unspecified atom stereocenters. The summed E-state index contributed by atoms with van der Waals surface area (Å²) in [5.41, 5.74) is 1.86. The third-order valence-electron chi connectivity index (χ3n) is 2.24. The summed E-state index contributed by atoms with van der Waals surface area (Å²) in [6.45, 7) is 2.69. The first-order valence-corrected chi connectivity index (χ1v) is 5.75. The van der Waals surface area contributed by atoms with Crippen LogP contribution in [-0.4, -0.2) is 18.3 Å². The molecule has 0 atom stereocenters. The van der Waals surface area contributed by atoms with Gasteiger partial charge in [0.1, 0.15) is 0 Å². The molecule has 2 nitrogen and oxygen atoms in total. The molecule has 3 heteroatoms. The molecule has 0 bridgehead atoms. The smallest absolute Gasteiger partial charge is 0.251 e. The second-order valence-electron chi connectivity index (χ2n) is 3.31. The molecule has 0 heterocycles. The zero-order valence-electron chi connectivity index (χ0n) is 8.92. The standard InChI is InChI=1S/C12H16ClNO/c1-2-10-6-3-4-7-11(10)12(15)14-9-5-8-13/h3-4,6-7H,2,5,8-9H2,1H3,(H,14,15). The van der Waals surface area contributed by atoms with E-state index in [1.807, 2.05) is 31.2 Å². The van der Waals surface area contributed by atoms with Gasteiger partial charge >= 0.3 is 0 Å². The van der Waals surface area contributed by atoms with Crippen LogP contribution in [0.15, 0.2) is 24.3 Å². The van der Waals surface area contributed by atoms with Crippen LogP contribution in [0, 0.1) is 0 Å². The number of carbonyl (C=O) groups is 1. The number of alkyl halides is 1. The summed E-state index contributed by atoms with van der Waals surface area (Å²) in [7, 11) is 0. The Morgan fingerprint density at radius 1 is 1.40 bits per heavy atom. The Bertz CT molecular complexity index is 325. The minimum absolute atomic E-state index is 0.00225. The monoisotopic (exact) mass is 225 g/mol. The second-order valence-corrected chi connectivity index (χ2v) is 3.69. The molecule has 0 aliphatic carbocycles. The van der Waals surface area contributed by atoms with Crippen LogP contribution in [0.3, 0.4) is 0 Å². The molecule has 15 heavy (non-hydrogen) atoms. The van der Waals surface area contributed by atoms with Gasteiger partial charge in [-0.1, -0.05) is 25.1 Å². The van der Waals surface area contributed by atoms with Gasteiger partial charge in [0.05, 0.1) is 0 Å². The predicted molar refractivity (Wildman–Crippen MR) is 63.5 cm³/mol. The number of aryl methyl sites for hydroxylation is 1. The summed E-state index contributed by atoms with van der Waals surface area (Å²) >= 11 is 5.54. The van der Waals surface area contributed by atoms with Crippen LogP contribution in [0.1, 0.15) is 29.3 Å². The Kier molecular flexibility index (Phi) is 5.19. The van der Waals surface area contributed by atoms with E-state index in [2.05, 4.69) is 5.32 Å². The maximum Gasteiger partial charge on any atom is 0.251 e. The molecule has 1 amide bonds. The molecule has 1 aromatic carbocycles. The third kappa shape index (κ3) is 3.56. The van der Waals surface area contributed by atoms with Crippen LogP contribution in [0.4, 0.5) is 0 Å². The first-order chi connectivity index (χ1) is 7.29. The van der Waals surface area contributed by atoms with Crippen molar-refractivity contribution in [1.82, 2.24) is 5.32 Å². The van der Waals surface area contributed by atoms with Crippen molar-refractivity contribution in [2.75, 3.05) is 12.4 Å². The lowest BCUT2D eigenvalue weighted by Gasteiger charge is -2.07. The minimum atomic E-state index is -0.00225. The molecule has 1 N–H and O–H groups in total. The van der Waals surface area contributed by atoms with Crippen molar-refractivity contribution in [3.8, 4) is 0 Å². The van der Waals surface area contributed by atoms with Gasteiger partial charge in [-0.2, -0.15) is 0 Å². The summed E-state index contributed by atoms with van der Waals surface area (Å²) < 4.78 is 0. The van der Waals surface area contributed by atoms with Gasteiger partial charge in [-0.15, -0.1) is 11.6 Å². The summed E-state index contributed by atoms with van der Waals surface area (Å²) in [6.07, 6.45) is 1.68. The average molecular weight is 226 g/mol. The number of halogens is 1. The lowest BCUT2D eigenvalue weighted by Crippen LogP contribution is -2.25. The van der Waals surface area contributed by atoms with Crippen LogP contribution in [-0.2, 0) is 6.42 Å². The fraction of sp³-hybridized carbons (Fsp3) is 0.417. The van der Waals surface area contributed by atoms with Crippen molar-refractivity contribution in [1.29, 1.82) is 0 Å². The second kappa shape index (κ2) is 6.46. The SMILES string of the molecule is CCc1ccccc1C(=O)NCCCCl. The first kappa shape index (κ1) is 12.1. The Morgan fingerprint density at radius 3 is 2.80 bits per heavy atom. The van der Waals surface area contributed by atoms with Crippen LogP contribution in [0.25, 0.3) is 0 Å². The fourth-order valence-corrected chi connectivity index (χ4v) is 1.55. The maximum absolute atomic E-state index is 11.7. The van der Waals surface area contributed by atoms with Crippen molar-refractivity contribution in [3.05, 3.63) is 35.4 Å². The maximum atomic E-state index is 11.7. The van der Waals surface area contributed by atoms with E-state index in [1.54, 1.807) is 0 Å². The topological polar surface area (TPSA) is 29.1 Å². The van der Waals surface area contributed by atoms with Crippen molar-refractivity contribution < 1.29 is 4.79 Å². The number of benzene rings is 1. The average Bonchev–Trinajstić information content (AvgIpc) is 2.29. The summed E-state index contributed by atoms with van der Waals surface area (Å²) in [4.78, 5) is 11.7. The molecule has 82 valence electrons. The van der Waals surface area contributed by atoms with Gasteiger partial charge in [-0.05, 0) is 24.5 Å². The van der Waals surface area contributed by atoms with Crippen LogP contribution >= 0.6 is 11.6 Å². The Labute approximate surface area is 95.6 Å². The zero-order chi connectivity index (χ0) is 11.1. The summed E-state index contributed by atoms with van der Waals surface area (Å²) in [5, 5.41) is 2.85. The highest BCUT2D eigenvalue weighted by Crippen LogP contribution is 2.08. The molecular weight excluding hydrogens is 210 g/mol. The first-order valence-electron chi connectivity index (χ1n) is 5.21. The van der Waals surface area contributed by atoms with Gasteiger partial charge in [0, 0.05) is 18.0 Å². The van der Waals surface area contributed by atoms with Crippen LogP contribution in [0.2, 0.25) is 0 Å². The third-order valence-corrected chi connectivity index (χ3v) is 2.51. The number of rotatable bonds is 5. The molecule has 0 radical (unpaired) electrons. The molecule has 0 aliphatic heterocycles. The van der Waals surface area contributed by atoms with Crippen LogP contribution < -0.4 is 5.32 Å². The quantitative estimate of drug-likeness (QED) is 0.606. The number of hydrogen-bond donors (Lipinski definition) is 1. The highest BCUT2D eigenvalue weighted by molar-refractivity contribution is 6.17. The lowest BCUT2D eigenvalue weighted by atomic mass is 10.0. The van der Waals surface area contributed by atoms with Crippen LogP contribution in [0.5, 0.6) is 0 Å². The van der Waals surface area contributed by atoms with Gasteiger partial charge in [-0.25, -0.2) is 0 Å². The van der Waals surface area contributed by atoms with E-state index in [9.17, 15) is 4.79 Å². The van der Waals surface area contributed by atoms with Crippen molar-refractivity contribution in [3.63, 3.8) is 0 Å². The Hall–Kier alpha value is -1.02. The van der Waals surface area contributed by atoms with E-state index < -0.39 is 0 Å². The largest absolute Gasteiger partial charge is 0.352 e. The predicted octanol–water partition coefficient (Wildman–Crippen LogP) is 2.61. The minimum Gasteiger partial charge on any atom is -0.352 e. The van der Waals surface area contributed by atoms with Gasteiger partial charge in [0.2, 0.25) is 0 Å². The molecule has 0 spiro atoms. The van der Waals surface area contributed by atoms with Gasteiger partial charge in [0.25, 0.3) is 5.91 Å². The molecule has 0 fully saturated rings. The molecule has 0 aromatic heterocycles. The molecule has 1 aromatic rings. The number of hydrogen-bond acceptors (Lipinski definition) is 1. The van der Waals surface area contributed by atoms with E-state index in [4.69, 9.17) is 11.6 Å². The Balaban J connectivity index is 2.64. The van der Waals surface area contributed by atoms with Gasteiger partial charge in [0.15, 0.2) is 0 Å². The molecular formula is C12H16ClNO. The number of carbonyl (C=O) groups excluding carboxylic acids is 1. The van der Waals surface area contributed by atoms with Gasteiger partial charge < -0.3 is 5.32 Å². The van der Waals surface area contributed by atoms with E-state index in [1.165, 1.54) is 0 Å². The highest BCUT2D eigenvalue weighted by Gasteiger charge is 2.07. The highest BCUT2D eigenvalue weighted by atomic mass is 35.5. The molecule has 0 aliphatic rings. The number of amides is 1. The molecule has 0 saturated carbocycles. The lowest BCUT2D eigenvalue weighted by molar-refractivity contribution is 0.0953. The molecule has 1 rings (SSSR count). The zero-order valence-corrected chi connectivity index (χ0v) is 9.68.